The zero-order valence-corrected chi connectivity index (χ0v) is 10.7. The predicted molar refractivity (Wildman–Crippen MR) is 64.1 cm³/mol. The van der Waals surface area contributed by atoms with Gasteiger partial charge in [0.05, 0.1) is 0 Å². The first-order chi connectivity index (χ1) is 6.02. The van der Waals surface area contributed by atoms with Gasteiger partial charge in [-0.15, -0.1) is 0 Å². The molecule has 0 aliphatic heterocycles. The molecule has 2 atom stereocenters. The van der Waals surface area contributed by atoms with Crippen LogP contribution in [-0.4, -0.2) is 12.1 Å². The van der Waals surface area contributed by atoms with Crippen LogP contribution >= 0.6 is 0 Å². The zero-order chi connectivity index (χ0) is 11.6. The minimum atomic E-state index is 0.162. The lowest BCUT2D eigenvalue weighted by Gasteiger charge is -2.31. The molecule has 0 fully saturated rings. The highest BCUT2D eigenvalue weighted by atomic mass is 14.7. The molecule has 0 aliphatic rings. The standard InChI is InChI=1S/C12H28N2/c1-11(2,3)8-9(13)7-10(14)12(4,5)6/h9-10H,7-8,13-14H2,1-6H3. The minimum absolute atomic E-state index is 0.162. The summed E-state index contributed by atoms with van der Waals surface area (Å²) in [6, 6.07) is 0.420. The fourth-order valence-electron chi connectivity index (χ4n) is 1.55. The van der Waals surface area contributed by atoms with Crippen LogP contribution in [0.25, 0.3) is 0 Å². The number of hydrogen-bond donors (Lipinski definition) is 2. The Balaban J connectivity index is 4.01. The van der Waals surface area contributed by atoms with Crippen molar-refractivity contribution >= 4 is 0 Å². The van der Waals surface area contributed by atoms with Gasteiger partial charge in [-0.1, -0.05) is 41.5 Å². The first-order valence-corrected chi connectivity index (χ1v) is 5.53. The third-order valence-corrected chi connectivity index (χ3v) is 2.54. The molecule has 2 nitrogen and oxygen atoms in total. The molecule has 0 rings (SSSR count). The lowest BCUT2D eigenvalue weighted by atomic mass is 9.80. The molecule has 0 bridgehead atoms. The molecule has 14 heavy (non-hydrogen) atoms. The Labute approximate surface area is 89.4 Å². The first-order valence-electron chi connectivity index (χ1n) is 5.53. The van der Waals surface area contributed by atoms with Crippen LogP contribution in [0.15, 0.2) is 0 Å². The van der Waals surface area contributed by atoms with E-state index >= 15 is 0 Å². The molecule has 0 radical (unpaired) electrons. The maximum Gasteiger partial charge on any atom is 0.0102 e. The first kappa shape index (κ1) is 13.9. The molecule has 0 heterocycles. The summed E-state index contributed by atoms with van der Waals surface area (Å²) < 4.78 is 0. The monoisotopic (exact) mass is 200 g/mol. The van der Waals surface area contributed by atoms with Crippen molar-refractivity contribution in [3.8, 4) is 0 Å². The van der Waals surface area contributed by atoms with Gasteiger partial charge in [0, 0.05) is 12.1 Å². The van der Waals surface area contributed by atoms with Gasteiger partial charge in [-0.05, 0) is 23.7 Å². The summed E-state index contributed by atoms with van der Waals surface area (Å²) >= 11 is 0. The summed E-state index contributed by atoms with van der Waals surface area (Å²) in [5.74, 6) is 0. The second kappa shape index (κ2) is 4.63. The number of rotatable bonds is 3. The van der Waals surface area contributed by atoms with E-state index in [-0.39, 0.29) is 17.5 Å². The second-order valence-corrected chi connectivity index (χ2v) is 6.73. The fourth-order valence-corrected chi connectivity index (χ4v) is 1.55. The summed E-state index contributed by atoms with van der Waals surface area (Å²) in [5.41, 5.74) is 12.6. The van der Waals surface area contributed by atoms with E-state index in [1.165, 1.54) is 0 Å². The van der Waals surface area contributed by atoms with Gasteiger partial charge >= 0.3 is 0 Å². The van der Waals surface area contributed by atoms with Crippen LogP contribution < -0.4 is 11.5 Å². The molecule has 0 aromatic heterocycles. The Morgan fingerprint density at radius 2 is 1.36 bits per heavy atom. The normalized spacial score (nSPS) is 18.0. The number of nitrogens with two attached hydrogens (primary N) is 2. The van der Waals surface area contributed by atoms with Gasteiger partial charge < -0.3 is 11.5 Å². The molecule has 0 aliphatic carbocycles. The molecular formula is C12H28N2. The second-order valence-electron chi connectivity index (χ2n) is 6.73. The zero-order valence-electron chi connectivity index (χ0n) is 10.7. The molecule has 0 saturated heterocycles. The lowest BCUT2D eigenvalue weighted by Crippen LogP contribution is -2.41. The average Bonchev–Trinajstić information content (AvgIpc) is 1.79. The summed E-state index contributed by atoms with van der Waals surface area (Å²) in [6.07, 6.45) is 1.96. The lowest BCUT2D eigenvalue weighted by molar-refractivity contribution is 0.258. The maximum atomic E-state index is 6.09. The topological polar surface area (TPSA) is 52.0 Å². The van der Waals surface area contributed by atoms with Gasteiger partial charge in [0.25, 0.3) is 0 Å². The van der Waals surface area contributed by atoms with Crippen LogP contribution in [0.4, 0.5) is 0 Å². The summed E-state index contributed by atoms with van der Waals surface area (Å²) in [4.78, 5) is 0. The van der Waals surface area contributed by atoms with E-state index in [1.807, 2.05) is 0 Å². The molecule has 4 N–H and O–H groups in total. The van der Waals surface area contributed by atoms with Crippen LogP contribution in [-0.2, 0) is 0 Å². The van der Waals surface area contributed by atoms with Crippen LogP contribution in [0.1, 0.15) is 54.4 Å². The summed E-state index contributed by atoms with van der Waals surface area (Å²) in [7, 11) is 0. The average molecular weight is 200 g/mol. The van der Waals surface area contributed by atoms with Gasteiger partial charge in [-0.2, -0.15) is 0 Å². The van der Waals surface area contributed by atoms with E-state index in [0.29, 0.717) is 5.41 Å². The smallest absolute Gasteiger partial charge is 0.0102 e. The largest absolute Gasteiger partial charge is 0.328 e. The van der Waals surface area contributed by atoms with Crippen molar-refractivity contribution in [2.75, 3.05) is 0 Å². The predicted octanol–water partition coefficient (Wildman–Crippen LogP) is 2.51. The van der Waals surface area contributed by atoms with Gasteiger partial charge in [-0.25, -0.2) is 0 Å². The van der Waals surface area contributed by atoms with E-state index in [2.05, 4.69) is 41.5 Å². The van der Waals surface area contributed by atoms with E-state index in [9.17, 15) is 0 Å². The highest BCUT2D eigenvalue weighted by molar-refractivity contribution is 4.82. The molecule has 2 unspecified atom stereocenters. The molecule has 0 amide bonds. The molecule has 0 aromatic rings. The van der Waals surface area contributed by atoms with Crippen LogP contribution in [0.2, 0.25) is 0 Å². The molecule has 0 saturated carbocycles. The van der Waals surface area contributed by atoms with Crippen molar-refractivity contribution in [1.29, 1.82) is 0 Å². The third-order valence-electron chi connectivity index (χ3n) is 2.54. The molecule has 86 valence electrons. The Kier molecular flexibility index (Phi) is 4.60. The maximum absolute atomic E-state index is 6.09. The SMILES string of the molecule is CC(C)(C)CC(N)CC(N)C(C)(C)C. The quantitative estimate of drug-likeness (QED) is 0.735. The Morgan fingerprint density at radius 3 is 1.64 bits per heavy atom. The molecule has 2 heteroatoms. The molecule has 0 spiro atoms. The molecule has 0 aromatic carbocycles. The van der Waals surface area contributed by atoms with Crippen molar-refractivity contribution in [3.05, 3.63) is 0 Å². The Hall–Kier alpha value is -0.0800. The summed E-state index contributed by atoms with van der Waals surface area (Å²) in [5, 5.41) is 0. The number of hydrogen-bond acceptors (Lipinski definition) is 2. The van der Waals surface area contributed by atoms with Crippen molar-refractivity contribution in [2.24, 2.45) is 22.3 Å². The molecular weight excluding hydrogens is 172 g/mol. The van der Waals surface area contributed by atoms with Crippen molar-refractivity contribution < 1.29 is 0 Å². The van der Waals surface area contributed by atoms with Gasteiger partial charge in [-0.3, -0.25) is 0 Å². The highest BCUT2D eigenvalue weighted by Crippen LogP contribution is 2.25. The van der Waals surface area contributed by atoms with Crippen molar-refractivity contribution in [2.45, 2.75) is 66.5 Å². The van der Waals surface area contributed by atoms with E-state index in [0.717, 1.165) is 12.8 Å². The fraction of sp³-hybridized carbons (Fsp3) is 1.00. The van der Waals surface area contributed by atoms with Crippen molar-refractivity contribution in [1.82, 2.24) is 0 Å². The Morgan fingerprint density at radius 1 is 0.929 bits per heavy atom. The minimum Gasteiger partial charge on any atom is -0.328 e. The van der Waals surface area contributed by atoms with E-state index < -0.39 is 0 Å². The Bertz CT molecular complexity index is 162. The van der Waals surface area contributed by atoms with Crippen LogP contribution in [0.5, 0.6) is 0 Å². The highest BCUT2D eigenvalue weighted by Gasteiger charge is 2.24. The van der Waals surface area contributed by atoms with E-state index in [4.69, 9.17) is 11.5 Å². The van der Waals surface area contributed by atoms with Gasteiger partial charge in [0.15, 0.2) is 0 Å². The van der Waals surface area contributed by atoms with Crippen LogP contribution in [0, 0.1) is 10.8 Å². The van der Waals surface area contributed by atoms with Gasteiger partial charge in [0.2, 0.25) is 0 Å². The summed E-state index contributed by atoms with van der Waals surface area (Å²) in [6.45, 7) is 13.2. The van der Waals surface area contributed by atoms with Crippen LogP contribution in [0.3, 0.4) is 0 Å². The van der Waals surface area contributed by atoms with E-state index in [1.54, 1.807) is 0 Å². The third kappa shape index (κ3) is 6.39. The van der Waals surface area contributed by atoms with Gasteiger partial charge in [0.1, 0.15) is 0 Å². The van der Waals surface area contributed by atoms with Crippen molar-refractivity contribution in [3.63, 3.8) is 0 Å².